The van der Waals surface area contributed by atoms with E-state index in [4.69, 9.17) is 9.97 Å². The summed E-state index contributed by atoms with van der Waals surface area (Å²) in [5.41, 5.74) is 4.86. The Balaban J connectivity index is 1.77. The van der Waals surface area contributed by atoms with Gasteiger partial charge in [0.15, 0.2) is 9.66 Å². The van der Waals surface area contributed by atoms with Crippen molar-refractivity contribution in [2.45, 2.75) is 13.8 Å². The summed E-state index contributed by atoms with van der Waals surface area (Å²) in [6.45, 7) is 4.21. The monoisotopic (exact) mass is 322 g/mol. The third-order valence-electron chi connectivity index (χ3n) is 3.51. The van der Waals surface area contributed by atoms with Crippen LogP contribution < -0.4 is 0 Å². The van der Waals surface area contributed by atoms with Gasteiger partial charge in [-0.05, 0) is 26.0 Å². The van der Waals surface area contributed by atoms with Crippen molar-refractivity contribution in [1.29, 1.82) is 0 Å². The van der Waals surface area contributed by atoms with Crippen LogP contribution in [0.25, 0.3) is 30.8 Å². The van der Waals surface area contributed by atoms with Gasteiger partial charge in [0.1, 0.15) is 10.0 Å². The van der Waals surface area contributed by atoms with Crippen LogP contribution in [0, 0.1) is 13.8 Å². The lowest BCUT2D eigenvalue weighted by Gasteiger charge is -1.98. The minimum Gasteiger partial charge on any atom is -0.223 e. The number of thiazole rings is 2. The van der Waals surface area contributed by atoms with E-state index in [0.717, 1.165) is 19.7 Å². The smallest absolute Gasteiger partial charge is 0.155 e. The fraction of sp³-hybridized carbons (Fsp3) is 0.111. The zero-order chi connectivity index (χ0) is 15.1. The van der Waals surface area contributed by atoms with Crippen LogP contribution in [0.2, 0.25) is 0 Å². The fourth-order valence-corrected chi connectivity index (χ4v) is 4.48. The van der Waals surface area contributed by atoms with Crippen molar-refractivity contribution < 1.29 is 0 Å². The van der Waals surface area contributed by atoms with Crippen molar-refractivity contribution in [2.24, 2.45) is 0 Å². The van der Waals surface area contributed by atoms with Crippen LogP contribution in [-0.4, -0.2) is 9.97 Å². The second-order valence-corrected chi connectivity index (χ2v) is 7.34. The fourth-order valence-electron chi connectivity index (χ4n) is 2.44. The molecule has 0 aliphatic carbocycles. The average molecular weight is 322 g/mol. The van der Waals surface area contributed by atoms with Gasteiger partial charge in [0.2, 0.25) is 0 Å². The van der Waals surface area contributed by atoms with Crippen LogP contribution in [0.4, 0.5) is 0 Å². The summed E-state index contributed by atoms with van der Waals surface area (Å²) in [5, 5.41) is 2.10. The highest BCUT2D eigenvalue weighted by atomic mass is 32.1. The van der Waals surface area contributed by atoms with Gasteiger partial charge in [-0.1, -0.05) is 70.2 Å². The molecule has 0 saturated carbocycles. The molecule has 108 valence electrons. The van der Waals surface area contributed by atoms with E-state index in [0.29, 0.717) is 0 Å². The first kappa shape index (κ1) is 13.6. The number of hydrogen-bond acceptors (Lipinski definition) is 4. The van der Waals surface area contributed by atoms with Gasteiger partial charge in [-0.2, -0.15) is 0 Å². The van der Waals surface area contributed by atoms with Gasteiger partial charge in [-0.25, -0.2) is 9.97 Å². The first-order valence-corrected chi connectivity index (χ1v) is 8.74. The highest BCUT2D eigenvalue weighted by Crippen LogP contribution is 2.36. The molecule has 0 radical (unpaired) electrons. The summed E-state index contributed by atoms with van der Waals surface area (Å²) in [6, 6.07) is 16.9. The Bertz CT molecular complexity index is 860. The summed E-state index contributed by atoms with van der Waals surface area (Å²) in [6.07, 6.45) is 0. The molecule has 0 spiro atoms. The van der Waals surface area contributed by atoms with E-state index in [1.807, 2.05) is 0 Å². The highest BCUT2D eigenvalue weighted by molar-refractivity contribution is 7.29. The molecule has 2 aromatic heterocycles. The molecule has 0 aliphatic heterocycles. The van der Waals surface area contributed by atoms with Crippen molar-refractivity contribution >= 4 is 32.3 Å². The summed E-state index contributed by atoms with van der Waals surface area (Å²) >= 11 is 3.33. The Morgan fingerprint density at radius 2 is 1.14 bits per heavy atom. The Hall–Kier alpha value is -2.04. The molecule has 0 fully saturated rings. The molecule has 4 heteroatoms. The third-order valence-corrected chi connectivity index (χ3v) is 5.63. The second kappa shape index (κ2) is 5.30. The topological polar surface area (TPSA) is 25.8 Å². The molecule has 0 N–H and O–H groups in total. The molecule has 2 nitrogen and oxygen atoms in total. The lowest BCUT2D eigenvalue weighted by Crippen LogP contribution is -1.78. The van der Waals surface area contributed by atoms with Gasteiger partial charge in [0, 0.05) is 11.1 Å². The minimum atomic E-state index is 1.03. The summed E-state index contributed by atoms with van der Waals surface area (Å²) < 4.78 is 0. The van der Waals surface area contributed by atoms with Crippen LogP contribution in [0.15, 0.2) is 48.5 Å². The van der Waals surface area contributed by atoms with Crippen molar-refractivity contribution in [1.82, 2.24) is 9.97 Å². The molecule has 0 unspecified atom stereocenters. The molecule has 4 rings (SSSR count). The van der Waals surface area contributed by atoms with Crippen LogP contribution >= 0.6 is 22.7 Å². The molecular weight excluding hydrogens is 308 g/mol. The predicted molar refractivity (Wildman–Crippen MR) is 95.6 cm³/mol. The molecule has 4 aromatic rings. The van der Waals surface area contributed by atoms with Gasteiger partial charge in [-0.15, -0.1) is 0 Å². The quantitative estimate of drug-likeness (QED) is 0.473. The number of fused-ring (bicyclic) bond motifs is 1. The third kappa shape index (κ3) is 2.45. The summed E-state index contributed by atoms with van der Waals surface area (Å²) in [4.78, 5) is 11.6. The van der Waals surface area contributed by atoms with E-state index < -0.39 is 0 Å². The normalized spacial score (nSPS) is 11.2. The van der Waals surface area contributed by atoms with Crippen LogP contribution in [0.5, 0.6) is 0 Å². The first-order valence-electron chi connectivity index (χ1n) is 7.10. The number of aryl methyl sites for hydroxylation is 2. The lowest BCUT2D eigenvalue weighted by atomic mass is 10.1. The highest BCUT2D eigenvalue weighted by Gasteiger charge is 2.13. The van der Waals surface area contributed by atoms with Crippen LogP contribution in [0.1, 0.15) is 11.1 Å². The lowest BCUT2D eigenvalue weighted by molar-refractivity contribution is 1.44. The van der Waals surface area contributed by atoms with E-state index in [9.17, 15) is 0 Å². The Labute approximate surface area is 137 Å². The molecule has 22 heavy (non-hydrogen) atoms. The maximum Gasteiger partial charge on any atom is 0.155 e. The maximum absolute atomic E-state index is 4.77. The van der Waals surface area contributed by atoms with Crippen molar-refractivity contribution in [3.8, 4) is 21.1 Å². The van der Waals surface area contributed by atoms with Crippen molar-refractivity contribution in [3.63, 3.8) is 0 Å². The van der Waals surface area contributed by atoms with E-state index in [2.05, 4.69) is 62.4 Å². The molecule has 0 aliphatic rings. The van der Waals surface area contributed by atoms with Gasteiger partial charge in [0.05, 0.1) is 0 Å². The molecule has 0 saturated heterocycles. The van der Waals surface area contributed by atoms with Gasteiger partial charge in [0.25, 0.3) is 0 Å². The first-order chi connectivity index (χ1) is 10.7. The maximum atomic E-state index is 4.77. The standard InChI is InChI=1S/C18H14N2S2/c1-11-5-3-7-13(9-11)15-19-17-18(21-15)20-16(22-17)14-8-4-6-12(2)10-14/h3-10H,1-2H3. The molecular formula is C18H14N2S2. The van der Waals surface area contributed by atoms with Crippen molar-refractivity contribution in [3.05, 3.63) is 59.7 Å². The Kier molecular flexibility index (Phi) is 3.28. The van der Waals surface area contributed by atoms with Crippen LogP contribution in [-0.2, 0) is 0 Å². The molecule has 0 amide bonds. The number of nitrogens with zero attached hydrogens (tertiary/aromatic N) is 2. The average Bonchev–Trinajstić information content (AvgIpc) is 3.05. The molecule has 0 bridgehead atoms. The summed E-state index contributed by atoms with van der Waals surface area (Å²) in [5.74, 6) is 0. The number of rotatable bonds is 2. The number of aromatic nitrogens is 2. The largest absolute Gasteiger partial charge is 0.223 e. The number of benzene rings is 2. The van der Waals surface area contributed by atoms with Gasteiger partial charge < -0.3 is 0 Å². The van der Waals surface area contributed by atoms with E-state index in [1.54, 1.807) is 22.7 Å². The Morgan fingerprint density at radius 1 is 0.682 bits per heavy atom. The van der Waals surface area contributed by atoms with Gasteiger partial charge in [-0.3, -0.25) is 0 Å². The summed E-state index contributed by atoms with van der Waals surface area (Å²) in [7, 11) is 0. The molecule has 0 atom stereocenters. The minimum absolute atomic E-state index is 1.03. The SMILES string of the molecule is Cc1cccc(-c2nc3sc(-c4cccc(C)c4)nc3s2)c1. The van der Waals surface area contributed by atoms with Gasteiger partial charge >= 0.3 is 0 Å². The van der Waals surface area contributed by atoms with Crippen molar-refractivity contribution in [2.75, 3.05) is 0 Å². The molecule has 2 aromatic carbocycles. The molecule has 2 heterocycles. The van der Waals surface area contributed by atoms with E-state index in [-0.39, 0.29) is 0 Å². The zero-order valence-corrected chi connectivity index (χ0v) is 14.0. The second-order valence-electron chi connectivity index (χ2n) is 5.39. The van der Waals surface area contributed by atoms with Crippen LogP contribution in [0.3, 0.4) is 0 Å². The van der Waals surface area contributed by atoms with E-state index in [1.165, 1.54) is 22.3 Å². The Morgan fingerprint density at radius 3 is 1.55 bits per heavy atom. The predicted octanol–water partition coefficient (Wildman–Crippen LogP) is 5.70. The zero-order valence-electron chi connectivity index (χ0n) is 12.3. The van der Waals surface area contributed by atoms with E-state index >= 15 is 0 Å². The number of hydrogen-bond donors (Lipinski definition) is 0.